The molecule has 0 aliphatic heterocycles. The Labute approximate surface area is 71.1 Å². The van der Waals surface area contributed by atoms with Gasteiger partial charge in [0, 0.05) is 13.1 Å². The molecule has 4 heteroatoms. The number of amidine groups is 1. The molecule has 1 rings (SSSR count). The monoisotopic (exact) mass is 169 g/mol. The van der Waals surface area contributed by atoms with Crippen molar-refractivity contribution >= 4 is 16.9 Å². The van der Waals surface area contributed by atoms with E-state index in [2.05, 4.69) is 9.89 Å². The van der Waals surface area contributed by atoms with Gasteiger partial charge in [0.25, 0.3) is 0 Å². The van der Waals surface area contributed by atoms with E-state index in [1.165, 1.54) is 24.6 Å². The summed E-state index contributed by atoms with van der Waals surface area (Å²) in [5.74, 6) is 0. The van der Waals surface area contributed by atoms with Crippen LogP contribution in [0.5, 0.6) is 0 Å². The maximum absolute atomic E-state index is 8.34. The van der Waals surface area contributed by atoms with Crippen LogP contribution in [-0.2, 0) is 0 Å². The molecule has 0 aromatic heterocycles. The molecule has 3 nitrogen and oxygen atoms in total. The molecule has 11 heavy (non-hydrogen) atoms. The van der Waals surface area contributed by atoms with Gasteiger partial charge >= 0.3 is 0 Å². The van der Waals surface area contributed by atoms with Gasteiger partial charge in [-0.15, -0.1) is 4.99 Å². The first kappa shape index (κ1) is 8.41. The summed E-state index contributed by atoms with van der Waals surface area (Å²) in [6.07, 6.45) is 6.22. The number of nitrogens with zero attached hydrogens (tertiary/aromatic N) is 3. The molecule has 1 saturated carbocycles. The Morgan fingerprint density at radius 1 is 1.73 bits per heavy atom. The van der Waals surface area contributed by atoms with Gasteiger partial charge in [0.2, 0.25) is 6.19 Å². The SMILES string of the molecule is CSC(=NC#N)N(C)C1CC1. The Bertz CT molecular complexity index is 202. The second-order valence-corrected chi connectivity index (χ2v) is 3.31. The molecule has 60 valence electrons. The Morgan fingerprint density at radius 3 is 2.73 bits per heavy atom. The van der Waals surface area contributed by atoms with Crippen molar-refractivity contribution in [3.63, 3.8) is 0 Å². The van der Waals surface area contributed by atoms with E-state index in [9.17, 15) is 0 Å². The Kier molecular flexibility index (Phi) is 2.77. The molecule has 0 unspecified atom stereocenters. The van der Waals surface area contributed by atoms with Crippen LogP contribution in [0.25, 0.3) is 0 Å². The lowest BCUT2D eigenvalue weighted by atomic mass is 10.6. The van der Waals surface area contributed by atoms with Gasteiger partial charge in [-0.25, -0.2) is 0 Å². The van der Waals surface area contributed by atoms with Crippen molar-refractivity contribution < 1.29 is 0 Å². The molecular weight excluding hydrogens is 158 g/mol. The van der Waals surface area contributed by atoms with Crippen molar-refractivity contribution in [2.75, 3.05) is 13.3 Å². The number of rotatable bonds is 1. The topological polar surface area (TPSA) is 39.4 Å². The second kappa shape index (κ2) is 3.63. The number of hydrogen-bond acceptors (Lipinski definition) is 3. The van der Waals surface area contributed by atoms with E-state index < -0.39 is 0 Å². The maximum atomic E-state index is 8.34. The predicted octanol–water partition coefficient (Wildman–Crippen LogP) is 1.28. The molecule has 0 heterocycles. The van der Waals surface area contributed by atoms with Gasteiger partial charge in [0.1, 0.15) is 0 Å². The minimum absolute atomic E-state index is 0.634. The molecular formula is C7H11N3S. The minimum atomic E-state index is 0.634. The van der Waals surface area contributed by atoms with Crippen molar-refractivity contribution in [1.29, 1.82) is 5.26 Å². The average Bonchev–Trinajstić information content (AvgIpc) is 2.81. The average molecular weight is 169 g/mol. The van der Waals surface area contributed by atoms with Crippen LogP contribution < -0.4 is 0 Å². The zero-order valence-corrected chi connectivity index (χ0v) is 7.56. The first-order valence-electron chi connectivity index (χ1n) is 3.53. The highest BCUT2D eigenvalue weighted by Crippen LogP contribution is 2.27. The summed E-state index contributed by atoms with van der Waals surface area (Å²) in [5.41, 5.74) is 0. The summed E-state index contributed by atoms with van der Waals surface area (Å²) >= 11 is 1.52. The van der Waals surface area contributed by atoms with Crippen LogP contribution in [0.2, 0.25) is 0 Å². The maximum Gasteiger partial charge on any atom is 0.208 e. The van der Waals surface area contributed by atoms with Gasteiger partial charge in [0.15, 0.2) is 5.17 Å². The fourth-order valence-electron chi connectivity index (χ4n) is 0.929. The zero-order valence-electron chi connectivity index (χ0n) is 6.74. The second-order valence-electron chi connectivity index (χ2n) is 2.54. The molecule has 0 N–H and O–H groups in total. The molecule has 1 aliphatic rings. The van der Waals surface area contributed by atoms with Crippen molar-refractivity contribution in [3.05, 3.63) is 0 Å². The molecule has 1 aliphatic carbocycles. The summed E-state index contributed by atoms with van der Waals surface area (Å²) in [6.45, 7) is 0. The highest BCUT2D eigenvalue weighted by atomic mass is 32.2. The first-order valence-corrected chi connectivity index (χ1v) is 4.75. The fraction of sp³-hybridized carbons (Fsp3) is 0.714. The van der Waals surface area contributed by atoms with E-state index in [-0.39, 0.29) is 0 Å². The lowest BCUT2D eigenvalue weighted by Crippen LogP contribution is -2.25. The molecule has 1 fully saturated rings. The third-order valence-electron chi connectivity index (χ3n) is 1.72. The summed E-state index contributed by atoms with van der Waals surface area (Å²) in [6, 6.07) is 0.634. The van der Waals surface area contributed by atoms with E-state index in [1.807, 2.05) is 19.5 Å². The van der Waals surface area contributed by atoms with Crippen LogP contribution in [-0.4, -0.2) is 29.4 Å². The van der Waals surface area contributed by atoms with Gasteiger partial charge in [-0.3, -0.25) is 0 Å². The number of thioether (sulfide) groups is 1. The third kappa shape index (κ3) is 2.12. The Balaban J connectivity index is 2.54. The summed E-state index contributed by atoms with van der Waals surface area (Å²) in [5, 5.41) is 9.17. The van der Waals surface area contributed by atoms with E-state index >= 15 is 0 Å². The van der Waals surface area contributed by atoms with Crippen molar-refractivity contribution in [2.45, 2.75) is 18.9 Å². The van der Waals surface area contributed by atoms with Crippen LogP contribution >= 0.6 is 11.8 Å². The van der Waals surface area contributed by atoms with Crippen LogP contribution in [0.3, 0.4) is 0 Å². The molecule has 0 spiro atoms. The van der Waals surface area contributed by atoms with Crippen molar-refractivity contribution in [3.8, 4) is 6.19 Å². The highest BCUT2D eigenvalue weighted by Gasteiger charge is 2.28. The minimum Gasteiger partial charge on any atom is -0.351 e. The molecule has 0 atom stereocenters. The van der Waals surface area contributed by atoms with Crippen molar-refractivity contribution in [1.82, 2.24) is 4.90 Å². The summed E-state index contributed by atoms with van der Waals surface area (Å²) in [7, 11) is 1.99. The molecule has 0 aromatic rings. The van der Waals surface area contributed by atoms with Crippen LogP contribution in [0.1, 0.15) is 12.8 Å². The fourth-order valence-corrected chi connectivity index (χ4v) is 1.50. The van der Waals surface area contributed by atoms with E-state index in [0.29, 0.717) is 6.04 Å². The van der Waals surface area contributed by atoms with Crippen LogP contribution in [0.4, 0.5) is 0 Å². The summed E-state index contributed by atoms with van der Waals surface area (Å²) in [4.78, 5) is 5.79. The predicted molar refractivity (Wildman–Crippen MR) is 47.3 cm³/mol. The number of aliphatic imine (C=N–C) groups is 1. The zero-order chi connectivity index (χ0) is 8.27. The quantitative estimate of drug-likeness (QED) is 0.337. The van der Waals surface area contributed by atoms with Crippen LogP contribution in [0.15, 0.2) is 4.99 Å². The van der Waals surface area contributed by atoms with E-state index in [1.54, 1.807) is 0 Å². The molecule has 0 radical (unpaired) electrons. The number of nitriles is 1. The molecule has 0 bridgehead atoms. The van der Waals surface area contributed by atoms with Crippen LogP contribution in [0, 0.1) is 11.5 Å². The van der Waals surface area contributed by atoms with Crippen molar-refractivity contribution in [2.24, 2.45) is 4.99 Å². The normalized spacial score (nSPS) is 17.7. The third-order valence-corrected chi connectivity index (χ3v) is 2.47. The van der Waals surface area contributed by atoms with Gasteiger partial charge in [-0.2, -0.15) is 5.26 Å². The Morgan fingerprint density at radius 2 is 2.36 bits per heavy atom. The smallest absolute Gasteiger partial charge is 0.208 e. The van der Waals surface area contributed by atoms with Gasteiger partial charge in [-0.1, -0.05) is 11.8 Å². The van der Waals surface area contributed by atoms with Gasteiger partial charge in [-0.05, 0) is 19.1 Å². The van der Waals surface area contributed by atoms with Gasteiger partial charge in [0.05, 0.1) is 0 Å². The molecule has 0 amide bonds. The molecule has 0 aromatic carbocycles. The lowest BCUT2D eigenvalue weighted by molar-refractivity contribution is 0.506. The highest BCUT2D eigenvalue weighted by molar-refractivity contribution is 8.13. The lowest BCUT2D eigenvalue weighted by Gasteiger charge is -2.16. The van der Waals surface area contributed by atoms with E-state index in [0.717, 1.165) is 5.17 Å². The first-order chi connectivity index (χ1) is 5.29. The standard InChI is InChI=1S/C7H11N3S/c1-10(6-3-4-6)7(11-2)9-5-8/h6H,3-4H2,1-2H3. The molecule has 0 saturated heterocycles. The van der Waals surface area contributed by atoms with E-state index in [4.69, 9.17) is 5.26 Å². The van der Waals surface area contributed by atoms with Gasteiger partial charge < -0.3 is 4.90 Å². The largest absolute Gasteiger partial charge is 0.351 e. The number of hydrogen-bond donors (Lipinski definition) is 0. The Hall–Kier alpha value is -0.690. The summed E-state index contributed by atoms with van der Waals surface area (Å²) < 4.78 is 0.